The first kappa shape index (κ1) is 9.01. The molecule has 0 aromatic rings. The van der Waals surface area contributed by atoms with Crippen LogP contribution in [0.5, 0.6) is 0 Å². The molecular weight excluding hydrogens is 138 g/mol. The van der Waals surface area contributed by atoms with Crippen molar-refractivity contribution in [3.8, 4) is 0 Å². The van der Waals surface area contributed by atoms with Crippen LogP contribution < -0.4 is 0 Å². The molecule has 0 aromatic heterocycles. The summed E-state index contributed by atoms with van der Waals surface area (Å²) in [5.74, 6) is 1.41. The average Bonchev–Trinajstić information content (AvgIpc) is 1.85. The minimum atomic E-state index is 0.310. The van der Waals surface area contributed by atoms with Crippen LogP contribution in [0, 0.1) is 11.8 Å². The van der Waals surface area contributed by atoms with Gasteiger partial charge < -0.3 is 5.11 Å². The summed E-state index contributed by atoms with van der Waals surface area (Å²) in [7, 11) is 0. The van der Waals surface area contributed by atoms with Crippen LogP contribution >= 0.6 is 0 Å². The summed E-state index contributed by atoms with van der Waals surface area (Å²) in [6, 6.07) is 0.395. The Balaban J connectivity index is 2.32. The first-order chi connectivity index (χ1) is 5.15. The average molecular weight is 157 g/mol. The van der Waals surface area contributed by atoms with Crippen LogP contribution in [0.2, 0.25) is 0 Å². The Morgan fingerprint density at radius 1 is 1.45 bits per heavy atom. The summed E-state index contributed by atoms with van der Waals surface area (Å²) in [6.45, 7) is 9.25. The van der Waals surface area contributed by atoms with Crippen LogP contribution in [0.3, 0.4) is 0 Å². The predicted octanol–water partition coefficient (Wildman–Crippen LogP) is 0.955. The van der Waals surface area contributed by atoms with Gasteiger partial charge in [0.25, 0.3) is 0 Å². The van der Waals surface area contributed by atoms with E-state index in [0.29, 0.717) is 18.6 Å². The molecule has 2 heteroatoms. The third kappa shape index (κ3) is 1.94. The highest BCUT2D eigenvalue weighted by molar-refractivity contribution is 4.84. The van der Waals surface area contributed by atoms with E-state index in [1.807, 2.05) is 0 Å². The Morgan fingerprint density at radius 3 is 2.27 bits per heavy atom. The molecule has 1 unspecified atom stereocenters. The molecule has 1 aliphatic rings. The third-order valence-corrected chi connectivity index (χ3v) is 2.52. The maximum Gasteiger partial charge on any atom is 0.0589 e. The molecule has 2 nitrogen and oxygen atoms in total. The standard InChI is InChI=1S/C9H19NO/c1-7(2)9(6-11)10-4-8(3)5-10/h7-9,11H,4-6H2,1-3H3. The minimum absolute atomic E-state index is 0.310. The molecule has 1 heterocycles. The van der Waals surface area contributed by atoms with Crippen LogP contribution in [0.4, 0.5) is 0 Å². The monoisotopic (exact) mass is 157 g/mol. The SMILES string of the molecule is CC1CN(C(CO)C(C)C)C1. The van der Waals surface area contributed by atoms with E-state index in [1.165, 1.54) is 13.1 Å². The van der Waals surface area contributed by atoms with Crippen LogP contribution in [0.1, 0.15) is 20.8 Å². The van der Waals surface area contributed by atoms with Gasteiger partial charge >= 0.3 is 0 Å². The van der Waals surface area contributed by atoms with Gasteiger partial charge in [-0.1, -0.05) is 20.8 Å². The van der Waals surface area contributed by atoms with Crippen molar-refractivity contribution in [3.63, 3.8) is 0 Å². The van der Waals surface area contributed by atoms with Gasteiger partial charge in [0.1, 0.15) is 0 Å². The Hall–Kier alpha value is -0.0800. The van der Waals surface area contributed by atoms with Gasteiger partial charge in [-0.3, -0.25) is 4.90 Å². The molecule has 1 rings (SSSR count). The van der Waals surface area contributed by atoms with Gasteiger partial charge in [0.15, 0.2) is 0 Å². The van der Waals surface area contributed by atoms with E-state index in [1.54, 1.807) is 0 Å². The number of hydrogen-bond donors (Lipinski definition) is 1. The molecule has 0 radical (unpaired) electrons. The zero-order valence-corrected chi connectivity index (χ0v) is 7.75. The second kappa shape index (κ2) is 3.55. The van der Waals surface area contributed by atoms with Crippen molar-refractivity contribution in [2.45, 2.75) is 26.8 Å². The largest absolute Gasteiger partial charge is 0.395 e. The number of aliphatic hydroxyl groups is 1. The molecule has 0 saturated carbocycles. The maximum atomic E-state index is 9.08. The number of hydrogen-bond acceptors (Lipinski definition) is 2. The zero-order chi connectivity index (χ0) is 8.43. The van der Waals surface area contributed by atoms with E-state index in [9.17, 15) is 0 Å². The van der Waals surface area contributed by atoms with Gasteiger partial charge in [-0.25, -0.2) is 0 Å². The Morgan fingerprint density at radius 2 is 2.00 bits per heavy atom. The van der Waals surface area contributed by atoms with E-state index >= 15 is 0 Å². The third-order valence-electron chi connectivity index (χ3n) is 2.52. The fourth-order valence-electron chi connectivity index (χ4n) is 1.77. The smallest absolute Gasteiger partial charge is 0.0589 e. The lowest BCUT2D eigenvalue weighted by molar-refractivity contribution is 0.0100. The molecular formula is C9H19NO. The van der Waals surface area contributed by atoms with Crippen LogP contribution in [0.15, 0.2) is 0 Å². The zero-order valence-electron chi connectivity index (χ0n) is 7.75. The second-order valence-electron chi connectivity index (χ2n) is 4.05. The molecule has 0 bridgehead atoms. The topological polar surface area (TPSA) is 23.5 Å². The van der Waals surface area contributed by atoms with Crippen LogP contribution in [0.25, 0.3) is 0 Å². The highest BCUT2D eigenvalue weighted by atomic mass is 16.3. The van der Waals surface area contributed by atoms with E-state index in [0.717, 1.165) is 5.92 Å². The second-order valence-corrected chi connectivity index (χ2v) is 4.05. The van der Waals surface area contributed by atoms with Crippen molar-refractivity contribution in [1.29, 1.82) is 0 Å². The highest BCUT2D eigenvalue weighted by Gasteiger charge is 2.30. The molecule has 0 aromatic carbocycles. The summed E-state index contributed by atoms with van der Waals surface area (Å²) in [4.78, 5) is 2.37. The Bertz CT molecular complexity index is 119. The molecule has 1 N–H and O–H groups in total. The Kier molecular flexibility index (Phi) is 2.90. The quantitative estimate of drug-likeness (QED) is 0.659. The predicted molar refractivity (Wildman–Crippen MR) is 46.4 cm³/mol. The lowest BCUT2D eigenvalue weighted by Crippen LogP contribution is -2.54. The van der Waals surface area contributed by atoms with Crippen molar-refractivity contribution in [1.82, 2.24) is 4.90 Å². The summed E-state index contributed by atoms with van der Waals surface area (Å²) in [5.41, 5.74) is 0. The lowest BCUT2D eigenvalue weighted by atomic mass is 9.94. The number of rotatable bonds is 3. The van der Waals surface area contributed by atoms with E-state index in [2.05, 4.69) is 25.7 Å². The molecule has 0 spiro atoms. The molecule has 11 heavy (non-hydrogen) atoms. The van der Waals surface area contributed by atoms with Gasteiger partial charge in [-0.15, -0.1) is 0 Å². The van der Waals surface area contributed by atoms with Gasteiger partial charge in [0.05, 0.1) is 6.61 Å². The van der Waals surface area contributed by atoms with E-state index in [-0.39, 0.29) is 0 Å². The fourth-order valence-corrected chi connectivity index (χ4v) is 1.77. The first-order valence-corrected chi connectivity index (χ1v) is 4.50. The molecule has 1 saturated heterocycles. The summed E-state index contributed by atoms with van der Waals surface area (Å²) >= 11 is 0. The highest BCUT2D eigenvalue weighted by Crippen LogP contribution is 2.21. The molecule has 1 aliphatic heterocycles. The molecule has 1 atom stereocenters. The minimum Gasteiger partial charge on any atom is -0.395 e. The normalized spacial score (nSPS) is 23.7. The van der Waals surface area contributed by atoms with Crippen molar-refractivity contribution in [3.05, 3.63) is 0 Å². The van der Waals surface area contributed by atoms with Gasteiger partial charge in [0.2, 0.25) is 0 Å². The molecule has 66 valence electrons. The van der Waals surface area contributed by atoms with Crippen LogP contribution in [-0.2, 0) is 0 Å². The fraction of sp³-hybridized carbons (Fsp3) is 1.00. The van der Waals surface area contributed by atoms with Gasteiger partial charge in [-0.2, -0.15) is 0 Å². The number of aliphatic hydroxyl groups excluding tert-OH is 1. The van der Waals surface area contributed by atoms with Crippen molar-refractivity contribution in [2.75, 3.05) is 19.7 Å². The van der Waals surface area contributed by atoms with Gasteiger partial charge in [0, 0.05) is 19.1 Å². The van der Waals surface area contributed by atoms with E-state index < -0.39 is 0 Å². The van der Waals surface area contributed by atoms with Crippen LogP contribution in [-0.4, -0.2) is 35.7 Å². The summed E-state index contributed by atoms with van der Waals surface area (Å²) in [5, 5.41) is 9.08. The summed E-state index contributed by atoms with van der Waals surface area (Å²) in [6.07, 6.45) is 0. The number of nitrogens with zero attached hydrogens (tertiary/aromatic N) is 1. The van der Waals surface area contributed by atoms with Gasteiger partial charge in [-0.05, 0) is 11.8 Å². The van der Waals surface area contributed by atoms with E-state index in [4.69, 9.17) is 5.11 Å². The molecule has 1 fully saturated rings. The first-order valence-electron chi connectivity index (χ1n) is 4.50. The van der Waals surface area contributed by atoms with Crippen molar-refractivity contribution >= 4 is 0 Å². The summed E-state index contributed by atoms with van der Waals surface area (Å²) < 4.78 is 0. The Labute approximate surface area is 69.2 Å². The lowest BCUT2D eigenvalue weighted by Gasteiger charge is -2.44. The maximum absolute atomic E-state index is 9.08. The van der Waals surface area contributed by atoms with Crippen molar-refractivity contribution < 1.29 is 5.11 Å². The van der Waals surface area contributed by atoms with Crippen molar-refractivity contribution in [2.24, 2.45) is 11.8 Å². The molecule has 0 amide bonds. The number of likely N-dealkylation sites (tertiary alicyclic amines) is 1. The molecule has 0 aliphatic carbocycles.